The number of nitrogens with zero attached hydrogens (tertiary/aromatic N) is 6. The van der Waals surface area contributed by atoms with E-state index in [9.17, 15) is 57.5 Å². The molecule has 0 spiro atoms. The van der Waals surface area contributed by atoms with Crippen LogP contribution in [-0.4, -0.2) is 91.3 Å². The second kappa shape index (κ2) is 16.9. The largest absolute Gasteiger partial charge is 0.481 e. The normalized spacial score (nSPS) is 10.2. The topological polar surface area (TPSA) is 334 Å². The second-order valence-electron chi connectivity index (χ2n) is 8.18. The minimum atomic E-state index is -1.56. The molecule has 45 heavy (non-hydrogen) atoms. The van der Waals surface area contributed by atoms with Crippen molar-refractivity contribution >= 4 is 36.8 Å². The van der Waals surface area contributed by atoms with Crippen LogP contribution < -0.4 is 34.1 Å². The molecule has 2 aromatic rings. The van der Waals surface area contributed by atoms with Gasteiger partial charge in [0, 0.05) is 13.1 Å². The zero-order valence-corrected chi connectivity index (χ0v) is 22.7. The van der Waals surface area contributed by atoms with Gasteiger partial charge >= 0.3 is 58.0 Å². The van der Waals surface area contributed by atoms with E-state index in [0.29, 0.717) is 13.7 Å². The minimum Gasteiger partial charge on any atom is -0.481 e. The van der Waals surface area contributed by atoms with Gasteiger partial charge in [-0.3, -0.25) is 28.8 Å². The van der Waals surface area contributed by atoms with Gasteiger partial charge in [0.15, 0.2) is 6.73 Å². The van der Waals surface area contributed by atoms with Gasteiger partial charge in [0.2, 0.25) is 0 Å². The quantitative estimate of drug-likeness (QED) is 0.0915. The van der Waals surface area contributed by atoms with Gasteiger partial charge in [0.25, 0.3) is 12.9 Å². The summed E-state index contributed by atoms with van der Waals surface area (Å²) in [5.41, 5.74) is -7.29. The van der Waals surface area contributed by atoms with Crippen molar-refractivity contribution in [3.8, 4) is 0 Å². The highest BCUT2D eigenvalue weighted by Gasteiger charge is 2.19. The Labute approximate surface area is 245 Å². The average Bonchev–Trinajstić information content (AvgIpc) is 2.95. The van der Waals surface area contributed by atoms with Crippen molar-refractivity contribution < 1.29 is 58.7 Å². The molecule has 24 heteroatoms. The summed E-state index contributed by atoms with van der Waals surface area (Å²) in [7, 11) is 0. The first-order valence-electron chi connectivity index (χ1n) is 12.0. The number of ether oxygens (including phenoxy) is 2. The van der Waals surface area contributed by atoms with E-state index in [-0.39, 0.29) is 39.8 Å². The first-order chi connectivity index (χ1) is 21.1. The lowest BCUT2D eigenvalue weighted by Crippen LogP contribution is -2.56. The molecule has 0 aliphatic rings. The summed E-state index contributed by atoms with van der Waals surface area (Å²) in [4.78, 5) is 135. The fourth-order valence-corrected chi connectivity index (χ4v) is 3.30. The SMILES string of the molecule is O=COCCn1c(=O)n(CCC(=O)O)c(=O)n(CCC(=O)O)c1=O.O=COCn1c(=O)n(CC(=O)O)c(=O)n(CC(=O)O)c1=O. The van der Waals surface area contributed by atoms with Gasteiger partial charge in [0.05, 0.1) is 19.4 Å². The van der Waals surface area contributed by atoms with Crippen molar-refractivity contribution in [1.29, 1.82) is 0 Å². The Morgan fingerprint density at radius 2 is 0.822 bits per heavy atom. The number of carboxylic acids is 4. The summed E-state index contributed by atoms with van der Waals surface area (Å²) >= 11 is 0. The fraction of sp³-hybridized carbons (Fsp3) is 0.429. The van der Waals surface area contributed by atoms with Crippen LogP contribution in [0.15, 0.2) is 28.8 Å². The molecule has 0 unspecified atom stereocenters. The van der Waals surface area contributed by atoms with Crippen LogP contribution in [0.4, 0.5) is 0 Å². The monoisotopic (exact) mass is 648 g/mol. The number of aromatic nitrogens is 6. The van der Waals surface area contributed by atoms with Crippen LogP contribution in [0.25, 0.3) is 0 Å². The highest BCUT2D eigenvalue weighted by molar-refractivity contribution is 5.67. The van der Waals surface area contributed by atoms with Gasteiger partial charge in [-0.15, -0.1) is 0 Å². The lowest BCUT2D eigenvalue weighted by Gasteiger charge is -2.12. The summed E-state index contributed by atoms with van der Waals surface area (Å²) in [6, 6.07) is 0. The van der Waals surface area contributed by atoms with Crippen LogP contribution in [0.5, 0.6) is 0 Å². The standard InChI is InChI=1S/C12H15N3O9.C9H9N3O9/c16-7-24-6-5-15-11(22)13(3-1-8(17)18)10(21)14(12(15)23)4-2-9(19)20;13-4-21-3-12-8(19)10(1-5(14)15)7(18)11(9(12)20)2-6(16)17/h7H,1-6H2,(H,17,18)(H,19,20);4H,1-3H2,(H,14,15)(H,16,17). The van der Waals surface area contributed by atoms with Crippen LogP contribution in [0, 0.1) is 0 Å². The van der Waals surface area contributed by atoms with E-state index in [4.69, 9.17) is 20.4 Å². The second-order valence-corrected chi connectivity index (χ2v) is 8.18. The van der Waals surface area contributed by atoms with E-state index in [1.54, 1.807) is 0 Å². The molecule has 0 amide bonds. The molecule has 0 atom stereocenters. The van der Waals surface area contributed by atoms with E-state index in [2.05, 4.69) is 9.47 Å². The molecule has 0 aromatic carbocycles. The fourth-order valence-electron chi connectivity index (χ4n) is 3.30. The van der Waals surface area contributed by atoms with Crippen LogP contribution in [0.2, 0.25) is 0 Å². The first kappa shape index (κ1) is 36.7. The Morgan fingerprint density at radius 1 is 0.489 bits per heavy atom. The van der Waals surface area contributed by atoms with E-state index in [1.165, 1.54) is 0 Å². The summed E-state index contributed by atoms with van der Waals surface area (Å²) in [5, 5.41) is 34.6. The van der Waals surface area contributed by atoms with Gasteiger partial charge in [-0.05, 0) is 0 Å². The predicted molar refractivity (Wildman–Crippen MR) is 137 cm³/mol. The molecule has 0 fully saturated rings. The van der Waals surface area contributed by atoms with Crippen LogP contribution in [-0.2, 0) is 77.7 Å². The number of carbonyl (C=O) groups is 6. The molecule has 2 rings (SSSR count). The lowest BCUT2D eigenvalue weighted by molar-refractivity contribution is -0.139. The molecule has 0 saturated carbocycles. The van der Waals surface area contributed by atoms with Crippen molar-refractivity contribution in [3.63, 3.8) is 0 Å². The smallest absolute Gasteiger partial charge is 0.339 e. The Balaban J connectivity index is 0.000000454. The highest BCUT2D eigenvalue weighted by atomic mass is 16.5. The molecule has 2 heterocycles. The molecule has 0 saturated heterocycles. The number of carboxylic acid groups (broad SMARTS) is 4. The zero-order valence-electron chi connectivity index (χ0n) is 22.7. The van der Waals surface area contributed by atoms with Gasteiger partial charge < -0.3 is 29.9 Å². The number of carbonyl (C=O) groups excluding carboxylic acids is 2. The number of hydrogen-bond acceptors (Lipinski definition) is 14. The summed E-state index contributed by atoms with van der Waals surface area (Å²) in [6.45, 7) is -4.71. The molecule has 0 radical (unpaired) electrons. The van der Waals surface area contributed by atoms with Gasteiger partial charge in [-0.2, -0.15) is 0 Å². The minimum absolute atomic E-state index is 0.0833. The number of hydrogen-bond donors (Lipinski definition) is 4. The lowest BCUT2D eigenvalue weighted by atomic mass is 10.4. The predicted octanol–water partition coefficient (Wildman–Crippen LogP) is -6.23. The Morgan fingerprint density at radius 3 is 1.16 bits per heavy atom. The molecular weight excluding hydrogens is 624 g/mol. The Hall–Kier alpha value is -6.36. The summed E-state index contributed by atoms with van der Waals surface area (Å²) < 4.78 is 10.7. The maximum absolute atomic E-state index is 12.2. The maximum Gasteiger partial charge on any atom is 0.339 e. The zero-order chi connectivity index (χ0) is 34.4. The molecular formula is C21H24N6O18. The Bertz CT molecular complexity index is 1710. The molecule has 24 nitrogen and oxygen atoms in total. The van der Waals surface area contributed by atoms with Gasteiger partial charge in [0.1, 0.15) is 19.7 Å². The van der Waals surface area contributed by atoms with Crippen molar-refractivity contribution in [1.82, 2.24) is 27.4 Å². The first-order valence-corrected chi connectivity index (χ1v) is 12.0. The van der Waals surface area contributed by atoms with Crippen LogP contribution in [0.1, 0.15) is 12.8 Å². The Kier molecular flexibility index (Phi) is 13.8. The van der Waals surface area contributed by atoms with E-state index < -0.39 is 104 Å². The van der Waals surface area contributed by atoms with Crippen LogP contribution in [0.3, 0.4) is 0 Å². The van der Waals surface area contributed by atoms with Crippen LogP contribution >= 0.6 is 0 Å². The summed E-state index contributed by atoms with van der Waals surface area (Å²) in [5.74, 6) is -5.64. The van der Waals surface area contributed by atoms with E-state index in [1.807, 2.05) is 0 Å². The van der Waals surface area contributed by atoms with Gasteiger partial charge in [-0.25, -0.2) is 56.2 Å². The molecule has 246 valence electrons. The highest BCUT2D eigenvalue weighted by Crippen LogP contribution is 1.87. The molecule has 4 N–H and O–H groups in total. The van der Waals surface area contributed by atoms with Crippen molar-refractivity contribution in [2.75, 3.05) is 6.61 Å². The average molecular weight is 648 g/mol. The summed E-state index contributed by atoms with van der Waals surface area (Å²) in [6.07, 6.45) is -1.09. The number of aliphatic carboxylic acids is 4. The molecule has 0 aliphatic heterocycles. The molecule has 2 aromatic heterocycles. The molecule has 0 aliphatic carbocycles. The molecule has 0 bridgehead atoms. The third kappa shape index (κ3) is 10.1. The number of rotatable bonds is 17. The third-order valence-corrected chi connectivity index (χ3v) is 5.23. The van der Waals surface area contributed by atoms with Crippen molar-refractivity contribution in [3.05, 3.63) is 62.9 Å². The van der Waals surface area contributed by atoms with Gasteiger partial charge in [-0.1, -0.05) is 0 Å². The van der Waals surface area contributed by atoms with Crippen molar-refractivity contribution in [2.45, 2.75) is 52.3 Å². The van der Waals surface area contributed by atoms with E-state index in [0.717, 1.165) is 0 Å². The third-order valence-electron chi connectivity index (χ3n) is 5.23. The van der Waals surface area contributed by atoms with Crippen molar-refractivity contribution in [2.24, 2.45) is 0 Å². The van der Waals surface area contributed by atoms with E-state index >= 15 is 0 Å². The maximum atomic E-state index is 12.2.